The maximum atomic E-state index is 6.12. The van der Waals surface area contributed by atoms with E-state index in [1.165, 1.54) is 29.3 Å². The van der Waals surface area contributed by atoms with Gasteiger partial charge in [-0.05, 0) is 41.5 Å². The third-order valence-electron chi connectivity index (χ3n) is 2.32. The molecule has 1 aromatic carbocycles. The first-order valence-corrected chi connectivity index (χ1v) is 8.14. The van der Waals surface area contributed by atoms with Gasteiger partial charge in [0.25, 0.3) is 0 Å². The minimum absolute atomic E-state index is 0.828. The summed E-state index contributed by atoms with van der Waals surface area (Å²) in [5.74, 6) is 0. The summed E-state index contributed by atoms with van der Waals surface area (Å²) >= 11 is 11.9. The molecule has 1 nitrogen and oxygen atoms in total. The van der Waals surface area contributed by atoms with Gasteiger partial charge in [0.05, 0.1) is 0 Å². The maximum absolute atomic E-state index is 6.12. The Morgan fingerprint density at radius 3 is 2.75 bits per heavy atom. The summed E-state index contributed by atoms with van der Waals surface area (Å²) in [6.07, 6.45) is 3.88. The largest absolute Gasteiger partial charge is 0.313 e. The predicted molar refractivity (Wildman–Crippen MR) is 83.6 cm³/mol. The van der Waals surface area contributed by atoms with E-state index in [-0.39, 0.29) is 0 Å². The number of halogens is 3. The van der Waals surface area contributed by atoms with E-state index in [1.54, 1.807) is 0 Å². The molecule has 0 amide bonds. The van der Waals surface area contributed by atoms with E-state index < -0.39 is 0 Å². The fourth-order valence-electron chi connectivity index (χ4n) is 1.41. The van der Waals surface area contributed by atoms with E-state index in [1.807, 2.05) is 12.1 Å². The lowest BCUT2D eigenvalue weighted by molar-refractivity contribution is 0.620. The molecule has 0 aliphatic heterocycles. The number of nitrogens with one attached hydrogen (secondary N) is 1. The van der Waals surface area contributed by atoms with Gasteiger partial charge in [-0.15, -0.1) is 0 Å². The number of rotatable bonds is 7. The van der Waals surface area contributed by atoms with Gasteiger partial charge in [-0.1, -0.05) is 62.6 Å². The molecule has 0 fully saturated rings. The van der Waals surface area contributed by atoms with Gasteiger partial charge < -0.3 is 5.32 Å². The summed E-state index contributed by atoms with van der Waals surface area (Å²) in [4.78, 5) is 0. The van der Waals surface area contributed by atoms with Crippen molar-refractivity contribution in [2.45, 2.75) is 25.8 Å². The standard InChI is InChI=1S/C12H16BrClIN/c13-11-5-4-10(12(14)8-11)9-16-7-3-1-2-6-15/h4-5,8,16H,1-3,6-7,9H2. The molecule has 90 valence electrons. The van der Waals surface area contributed by atoms with Crippen molar-refractivity contribution in [3.63, 3.8) is 0 Å². The fourth-order valence-corrected chi connectivity index (χ4v) is 2.69. The zero-order valence-electron chi connectivity index (χ0n) is 9.11. The van der Waals surface area contributed by atoms with Crippen LogP contribution in [0.4, 0.5) is 0 Å². The summed E-state index contributed by atoms with van der Waals surface area (Å²) < 4.78 is 2.29. The van der Waals surface area contributed by atoms with E-state index in [9.17, 15) is 0 Å². The monoisotopic (exact) mass is 415 g/mol. The highest BCUT2D eigenvalue weighted by Gasteiger charge is 2.00. The van der Waals surface area contributed by atoms with E-state index in [4.69, 9.17) is 11.6 Å². The molecular formula is C12H16BrClIN. The molecule has 0 heterocycles. The minimum atomic E-state index is 0.828. The third-order valence-corrected chi connectivity index (χ3v) is 3.93. The van der Waals surface area contributed by atoms with Crippen molar-refractivity contribution in [3.8, 4) is 0 Å². The van der Waals surface area contributed by atoms with Crippen LogP contribution >= 0.6 is 50.1 Å². The van der Waals surface area contributed by atoms with Crippen LogP contribution in [0.25, 0.3) is 0 Å². The molecule has 0 bridgehead atoms. The van der Waals surface area contributed by atoms with Gasteiger partial charge in [-0.25, -0.2) is 0 Å². The zero-order chi connectivity index (χ0) is 11.8. The van der Waals surface area contributed by atoms with Crippen molar-refractivity contribution in [1.29, 1.82) is 0 Å². The van der Waals surface area contributed by atoms with Gasteiger partial charge in [0, 0.05) is 16.0 Å². The van der Waals surface area contributed by atoms with Crippen LogP contribution in [-0.2, 0) is 6.54 Å². The van der Waals surface area contributed by atoms with E-state index >= 15 is 0 Å². The van der Waals surface area contributed by atoms with Crippen LogP contribution in [0.1, 0.15) is 24.8 Å². The lowest BCUT2D eigenvalue weighted by Crippen LogP contribution is -2.14. The van der Waals surface area contributed by atoms with Crippen molar-refractivity contribution >= 4 is 50.1 Å². The Hall–Kier alpha value is 0.680. The Morgan fingerprint density at radius 2 is 2.06 bits per heavy atom. The molecule has 0 saturated carbocycles. The highest BCUT2D eigenvalue weighted by molar-refractivity contribution is 14.1. The SMILES string of the molecule is Clc1cc(Br)ccc1CNCCCCCI. The molecule has 0 radical (unpaired) electrons. The minimum Gasteiger partial charge on any atom is -0.313 e. The summed E-state index contributed by atoms with van der Waals surface area (Å²) in [5, 5.41) is 4.25. The second-order valence-electron chi connectivity index (χ2n) is 3.66. The van der Waals surface area contributed by atoms with Gasteiger partial charge in [0.2, 0.25) is 0 Å². The fraction of sp³-hybridized carbons (Fsp3) is 0.500. The Morgan fingerprint density at radius 1 is 1.25 bits per heavy atom. The number of unbranched alkanes of at least 4 members (excludes halogenated alkanes) is 2. The smallest absolute Gasteiger partial charge is 0.0462 e. The van der Waals surface area contributed by atoms with Crippen molar-refractivity contribution in [2.75, 3.05) is 11.0 Å². The summed E-state index contributed by atoms with van der Waals surface area (Å²) in [6.45, 7) is 1.93. The molecular weight excluding hydrogens is 400 g/mol. The lowest BCUT2D eigenvalue weighted by Gasteiger charge is -2.06. The predicted octanol–water partition coefficient (Wildman–Crippen LogP) is 4.80. The van der Waals surface area contributed by atoms with Gasteiger partial charge in [0.1, 0.15) is 0 Å². The normalized spacial score (nSPS) is 10.7. The number of hydrogen-bond acceptors (Lipinski definition) is 1. The van der Waals surface area contributed by atoms with Crippen molar-refractivity contribution in [2.24, 2.45) is 0 Å². The molecule has 0 saturated heterocycles. The second kappa shape index (κ2) is 8.72. The average Bonchev–Trinajstić information content (AvgIpc) is 2.26. The summed E-state index contributed by atoms with van der Waals surface area (Å²) in [6, 6.07) is 6.03. The Kier molecular flexibility index (Phi) is 8.04. The first-order valence-electron chi connectivity index (χ1n) is 5.44. The zero-order valence-corrected chi connectivity index (χ0v) is 13.6. The molecule has 16 heavy (non-hydrogen) atoms. The highest BCUT2D eigenvalue weighted by atomic mass is 127. The van der Waals surface area contributed by atoms with Crippen LogP contribution in [0.3, 0.4) is 0 Å². The van der Waals surface area contributed by atoms with Crippen LogP contribution < -0.4 is 5.32 Å². The number of hydrogen-bond donors (Lipinski definition) is 1. The first-order chi connectivity index (χ1) is 7.74. The molecule has 0 aliphatic carbocycles. The average molecular weight is 417 g/mol. The molecule has 0 aromatic heterocycles. The molecule has 1 N–H and O–H groups in total. The Bertz CT molecular complexity index is 320. The van der Waals surface area contributed by atoms with Crippen LogP contribution in [0.15, 0.2) is 22.7 Å². The molecule has 0 unspecified atom stereocenters. The molecule has 1 aromatic rings. The van der Waals surface area contributed by atoms with Crippen molar-refractivity contribution < 1.29 is 0 Å². The Labute approximate surface area is 125 Å². The maximum Gasteiger partial charge on any atom is 0.0462 e. The molecule has 0 spiro atoms. The third kappa shape index (κ3) is 5.84. The molecule has 1 rings (SSSR count). The van der Waals surface area contributed by atoms with Crippen LogP contribution in [0.2, 0.25) is 5.02 Å². The van der Waals surface area contributed by atoms with Gasteiger partial charge in [-0.2, -0.15) is 0 Å². The first kappa shape index (κ1) is 14.7. The van der Waals surface area contributed by atoms with Crippen LogP contribution in [0.5, 0.6) is 0 Å². The molecule has 0 atom stereocenters. The summed E-state index contributed by atoms with van der Waals surface area (Å²) in [7, 11) is 0. The lowest BCUT2D eigenvalue weighted by atomic mass is 10.2. The van der Waals surface area contributed by atoms with Crippen LogP contribution in [-0.4, -0.2) is 11.0 Å². The van der Waals surface area contributed by atoms with E-state index in [0.29, 0.717) is 0 Å². The van der Waals surface area contributed by atoms with Gasteiger partial charge in [0.15, 0.2) is 0 Å². The van der Waals surface area contributed by atoms with Crippen molar-refractivity contribution in [1.82, 2.24) is 5.32 Å². The van der Waals surface area contributed by atoms with Crippen LogP contribution in [0, 0.1) is 0 Å². The second-order valence-corrected chi connectivity index (χ2v) is 6.06. The topological polar surface area (TPSA) is 12.0 Å². The summed E-state index contributed by atoms with van der Waals surface area (Å²) in [5.41, 5.74) is 1.17. The van der Waals surface area contributed by atoms with E-state index in [2.05, 4.69) is 49.9 Å². The number of alkyl halides is 1. The van der Waals surface area contributed by atoms with Gasteiger partial charge in [-0.3, -0.25) is 0 Å². The molecule has 0 aliphatic rings. The number of benzene rings is 1. The van der Waals surface area contributed by atoms with Gasteiger partial charge >= 0.3 is 0 Å². The quantitative estimate of drug-likeness (QED) is 0.383. The highest BCUT2D eigenvalue weighted by Crippen LogP contribution is 2.21. The Balaban J connectivity index is 2.21. The molecule has 4 heteroatoms. The van der Waals surface area contributed by atoms with E-state index in [0.717, 1.165) is 22.6 Å². The van der Waals surface area contributed by atoms with Crippen molar-refractivity contribution in [3.05, 3.63) is 33.3 Å².